The predicted octanol–water partition coefficient (Wildman–Crippen LogP) is 7.09. The molecule has 0 radical (unpaired) electrons. The van der Waals surface area contributed by atoms with E-state index in [2.05, 4.69) is 23.5 Å². The van der Waals surface area contributed by atoms with Crippen LogP contribution in [0.5, 0.6) is 0 Å². The lowest BCUT2D eigenvalue weighted by atomic mass is 10.0. The predicted molar refractivity (Wildman–Crippen MR) is 118 cm³/mol. The number of allylic oxidation sites excluding steroid dienone is 3. The third kappa shape index (κ3) is 24.4. The topological polar surface area (TPSA) is 63.6 Å². The van der Waals surface area contributed by atoms with Gasteiger partial charge in [0.05, 0.1) is 13.0 Å². The number of carboxylic acids is 1. The maximum Gasteiger partial charge on any atom is 0.306 e. The summed E-state index contributed by atoms with van der Waals surface area (Å²) in [5.74, 6) is -0.930. The Morgan fingerprint density at radius 3 is 2.00 bits per heavy atom. The first-order valence-corrected chi connectivity index (χ1v) is 11.0. The number of carboxylic acid groups (broad SMARTS) is 1. The van der Waals surface area contributed by atoms with E-state index in [1.54, 1.807) is 6.92 Å². The fraction of sp³-hybridized carbons (Fsp3) is 0.750. The lowest BCUT2D eigenvalue weighted by molar-refractivity contribution is -0.142. The molecule has 0 amide bonds. The number of aliphatic carboxylic acids is 1. The molecule has 0 aliphatic heterocycles. The van der Waals surface area contributed by atoms with E-state index in [9.17, 15) is 9.59 Å². The van der Waals surface area contributed by atoms with Crippen LogP contribution in [0, 0.1) is 5.92 Å². The minimum Gasteiger partial charge on any atom is -0.481 e. The molecule has 0 aromatic carbocycles. The van der Waals surface area contributed by atoms with Gasteiger partial charge in [-0.3, -0.25) is 9.59 Å². The molecule has 4 heteroatoms. The van der Waals surface area contributed by atoms with Gasteiger partial charge in [-0.2, -0.15) is 0 Å². The van der Waals surface area contributed by atoms with Gasteiger partial charge in [-0.15, -0.1) is 6.58 Å². The van der Waals surface area contributed by atoms with Crippen LogP contribution in [0.1, 0.15) is 104 Å². The van der Waals surface area contributed by atoms with Crippen LogP contribution in [0.2, 0.25) is 0 Å². The molecule has 1 unspecified atom stereocenters. The normalized spacial score (nSPS) is 11.5. The van der Waals surface area contributed by atoms with E-state index in [1.807, 2.05) is 13.0 Å². The third-order valence-electron chi connectivity index (χ3n) is 4.68. The average Bonchev–Trinajstić information content (AvgIpc) is 2.69. The zero-order valence-electron chi connectivity index (χ0n) is 18.6. The van der Waals surface area contributed by atoms with Crippen molar-refractivity contribution in [2.45, 2.75) is 104 Å². The summed E-state index contributed by atoms with van der Waals surface area (Å²) in [7, 11) is 1.44. The molecule has 0 heterocycles. The molecular weight excluding hydrogens is 352 g/mol. The lowest BCUT2D eigenvalue weighted by Crippen LogP contribution is -2.08. The van der Waals surface area contributed by atoms with Gasteiger partial charge in [-0.25, -0.2) is 0 Å². The van der Waals surface area contributed by atoms with Gasteiger partial charge in [0.25, 0.3) is 0 Å². The van der Waals surface area contributed by atoms with Gasteiger partial charge in [0.1, 0.15) is 0 Å². The standard InChI is InChI=1S/2C12H22O2/c1-3-4-5-6-7-8-9-10-11-12(13)14-2;1-3-4-5-6-7-8-9-10-11(2)12(13)14/h3H,1,4-11H2,2H3;3-4,11H,5-10H2,1-2H3,(H,13,14)/b;4-3+. The zero-order valence-corrected chi connectivity index (χ0v) is 18.6. The van der Waals surface area contributed by atoms with Crippen LogP contribution in [0.15, 0.2) is 24.8 Å². The summed E-state index contributed by atoms with van der Waals surface area (Å²) in [6.07, 6.45) is 21.7. The van der Waals surface area contributed by atoms with E-state index in [-0.39, 0.29) is 11.9 Å². The Labute approximate surface area is 173 Å². The van der Waals surface area contributed by atoms with Crippen molar-refractivity contribution in [3.63, 3.8) is 0 Å². The highest BCUT2D eigenvalue weighted by atomic mass is 16.5. The van der Waals surface area contributed by atoms with Crippen molar-refractivity contribution in [2.75, 3.05) is 7.11 Å². The van der Waals surface area contributed by atoms with Crippen LogP contribution >= 0.6 is 0 Å². The van der Waals surface area contributed by atoms with E-state index in [1.165, 1.54) is 45.6 Å². The molecule has 0 aromatic heterocycles. The molecule has 0 rings (SSSR count). The number of carbonyl (C=O) groups is 2. The summed E-state index contributed by atoms with van der Waals surface area (Å²) in [4.78, 5) is 21.2. The number of unbranched alkanes of at least 4 members (excludes halogenated alkanes) is 10. The molecule has 1 atom stereocenters. The number of carbonyl (C=O) groups excluding carboxylic acids is 1. The fourth-order valence-corrected chi connectivity index (χ4v) is 2.72. The van der Waals surface area contributed by atoms with E-state index in [4.69, 9.17) is 5.11 Å². The van der Waals surface area contributed by atoms with Crippen LogP contribution in [-0.4, -0.2) is 24.2 Å². The van der Waals surface area contributed by atoms with E-state index >= 15 is 0 Å². The molecule has 164 valence electrons. The van der Waals surface area contributed by atoms with Crippen LogP contribution in [-0.2, 0) is 14.3 Å². The molecule has 0 fully saturated rings. The number of rotatable bonds is 17. The van der Waals surface area contributed by atoms with Crippen LogP contribution in [0.25, 0.3) is 0 Å². The SMILES string of the molecule is C/C=C/CCCCCCC(C)C(=O)O.C=CCCCCCCCCC(=O)OC. The fourth-order valence-electron chi connectivity index (χ4n) is 2.72. The molecule has 0 spiro atoms. The summed E-state index contributed by atoms with van der Waals surface area (Å²) in [6, 6.07) is 0. The van der Waals surface area contributed by atoms with Gasteiger partial charge in [-0.05, 0) is 45.4 Å². The summed E-state index contributed by atoms with van der Waals surface area (Å²) in [5, 5.41) is 8.65. The smallest absolute Gasteiger partial charge is 0.306 e. The number of methoxy groups -OCH3 is 1. The quantitative estimate of drug-likeness (QED) is 0.162. The van der Waals surface area contributed by atoms with Crippen molar-refractivity contribution in [2.24, 2.45) is 5.92 Å². The van der Waals surface area contributed by atoms with Gasteiger partial charge in [0.2, 0.25) is 0 Å². The second-order valence-electron chi connectivity index (χ2n) is 7.32. The monoisotopic (exact) mass is 396 g/mol. The number of hydrogen-bond acceptors (Lipinski definition) is 3. The molecule has 0 aliphatic carbocycles. The third-order valence-corrected chi connectivity index (χ3v) is 4.68. The highest BCUT2D eigenvalue weighted by Gasteiger charge is 2.09. The molecule has 4 nitrogen and oxygen atoms in total. The highest BCUT2D eigenvalue weighted by molar-refractivity contribution is 5.69. The Morgan fingerprint density at radius 1 is 0.929 bits per heavy atom. The van der Waals surface area contributed by atoms with Crippen LogP contribution in [0.4, 0.5) is 0 Å². The van der Waals surface area contributed by atoms with Crippen LogP contribution < -0.4 is 0 Å². The number of ether oxygens (including phenoxy) is 1. The molecule has 0 aliphatic rings. The Balaban J connectivity index is 0. The van der Waals surface area contributed by atoms with Gasteiger partial charge < -0.3 is 9.84 Å². The van der Waals surface area contributed by atoms with Crippen molar-refractivity contribution in [1.82, 2.24) is 0 Å². The Bertz CT molecular complexity index is 401. The minimum absolute atomic E-state index is 0.0864. The molecule has 28 heavy (non-hydrogen) atoms. The molecule has 0 saturated heterocycles. The lowest BCUT2D eigenvalue weighted by Gasteiger charge is -2.04. The average molecular weight is 397 g/mol. The van der Waals surface area contributed by atoms with Crippen molar-refractivity contribution in [1.29, 1.82) is 0 Å². The zero-order chi connectivity index (χ0) is 21.5. The van der Waals surface area contributed by atoms with Gasteiger partial charge >= 0.3 is 11.9 Å². The summed E-state index contributed by atoms with van der Waals surface area (Å²) in [5.41, 5.74) is 0. The molecule has 0 aromatic rings. The summed E-state index contributed by atoms with van der Waals surface area (Å²) >= 11 is 0. The Hall–Kier alpha value is -1.58. The van der Waals surface area contributed by atoms with E-state index < -0.39 is 5.97 Å². The van der Waals surface area contributed by atoms with E-state index in [0.29, 0.717) is 6.42 Å². The highest BCUT2D eigenvalue weighted by Crippen LogP contribution is 2.11. The van der Waals surface area contributed by atoms with Crippen molar-refractivity contribution in [3.05, 3.63) is 24.8 Å². The minimum atomic E-state index is -0.668. The largest absolute Gasteiger partial charge is 0.481 e. The van der Waals surface area contributed by atoms with Gasteiger partial charge in [-0.1, -0.05) is 70.1 Å². The van der Waals surface area contributed by atoms with E-state index in [0.717, 1.165) is 44.9 Å². The Morgan fingerprint density at radius 2 is 1.46 bits per heavy atom. The molecule has 1 N–H and O–H groups in total. The number of hydrogen-bond donors (Lipinski definition) is 1. The number of esters is 1. The first-order chi connectivity index (χ1) is 13.5. The maximum absolute atomic E-state index is 10.8. The molecule has 0 saturated carbocycles. The second-order valence-corrected chi connectivity index (χ2v) is 7.32. The maximum atomic E-state index is 10.8. The van der Waals surface area contributed by atoms with Crippen LogP contribution in [0.3, 0.4) is 0 Å². The summed E-state index contributed by atoms with van der Waals surface area (Å²) < 4.78 is 4.56. The van der Waals surface area contributed by atoms with Gasteiger partial charge in [0, 0.05) is 6.42 Å². The first-order valence-electron chi connectivity index (χ1n) is 11.0. The van der Waals surface area contributed by atoms with Gasteiger partial charge in [0.15, 0.2) is 0 Å². The second kappa shape index (κ2) is 23.5. The van der Waals surface area contributed by atoms with Crippen molar-refractivity contribution in [3.8, 4) is 0 Å². The molecule has 0 bridgehead atoms. The van der Waals surface area contributed by atoms with Crippen molar-refractivity contribution < 1.29 is 19.4 Å². The first kappa shape index (κ1) is 28.6. The van der Waals surface area contributed by atoms with Crippen molar-refractivity contribution >= 4 is 11.9 Å². The molecular formula is C24H44O4. The Kier molecular flexibility index (Phi) is 24.0. The summed E-state index contributed by atoms with van der Waals surface area (Å²) in [6.45, 7) is 7.50.